The first-order valence-electron chi connectivity index (χ1n) is 14.7. The molecule has 1 saturated carbocycles. The summed E-state index contributed by atoms with van der Waals surface area (Å²) >= 11 is 0. The first-order valence-corrected chi connectivity index (χ1v) is 14.7. The minimum absolute atomic E-state index is 0.255. The number of aliphatic hydroxyl groups is 1. The second kappa shape index (κ2) is 10.9. The van der Waals surface area contributed by atoms with Crippen LogP contribution in [0.2, 0.25) is 0 Å². The molecule has 1 fully saturated rings. The molecular formula is C37H33N3O2. The first-order chi connectivity index (χ1) is 20.6. The lowest BCUT2D eigenvalue weighted by molar-refractivity contribution is 0.0715. The molecule has 5 nitrogen and oxygen atoms in total. The minimum Gasteiger partial charge on any atom is -0.393 e. The molecular weight excluding hydrogens is 518 g/mol. The summed E-state index contributed by atoms with van der Waals surface area (Å²) in [5.41, 5.74) is 13.4. The standard InChI is InChI=1S/C37H33N3O2/c38-37(42)30-20-19-28(22-25(30)12-7-11-24-9-2-6-18-35(24)41)40-33-16-5-3-13-31(33)36-29(14-8-17-34(36)40)27-21-26-10-1-4-15-32(26)39-23-27/h1,3-5,7-8,10,12-17,19-24,35,41H,2,6,9,11,18H2,(H2,38,42)/b12-7-/t24?,35-/m0/s1. The smallest absolute Gasteiger partial charge is 0.249 e. The maximum atomic E-state index is 12.4. The minimum atomic E-state index is -0.452. The molecule has 208 valence electrons. The molecule has 0 radical (unpaired) electrons. The molecule has 42 heavy (non-hydrogen) atoms. The number of nitrogens with zero attached hydrogens (tertiary/aromatic N) is 2. The normalized spacial score (nSPS) is 17.5. The zero-order valence-electron chi connectivity index (χ0n) is 23.4. The average molecular weight is 552 g/mol. The summed E-state index contributed by atoms with van der Waals surface area (Å²) in [4.78, 5) is 17.1. The largest absolute Gasteiger partial charge is 0.393 e. The highest BCUT2D eigenvalue weighted by Crippen LogP contribution is 2.39. The highest BCUT2D eigenvalue weighted by Gasteiger charge is 2.22. The summed E-state index contributed by atoms with van der Waals surface area (Å²) in [6, 6.07) is 31.1. The number of para-hydroxylation sites is 2. The number of primary amides is 1. The van der Waals surface area contributed by atoms with E-state index in [1.807, 2.05) is 48.7 Å². The molecule has 5 heteroatoms. The Labute approximate surface area is 244 Å². The molecule has 0 spiro atoms. The third kappa shape index (κ3) is 4.66. The van der Waals surface area contributed by atoms with E-state index in [1.54, 1.807) is 0 Å². The number of hydrogen-bond acceptors (Lipinski definition) is 3. The molecule has 1 aliphatic carbocycles. The van der Waals surface area contributed by atoms with E-state index in [4.69, 9.17) is 10.7 Å². The fourth-order valence-electron chi connectivity index (χ4n) is 6.64. The fourth-order valence-corrected chi connectivity index (χ4v) is 6.64. The van der Waals surface area contributed by atoms with E-state index in [0.29, 0.717) is 5.56 Å². The van der Waals surface area contributed by atoms with Gasteiger partial charge in [0.05, 0.1) is 22.7 Å². The van der Waals surface area contributed by atoms with Crippen molar-refractivity contribution in [3.63, 3.8) is 0 Å². The molecule has 1 unspecified atom stereocenters. The summed E-state index contributed by atoms with van der Waals surface area (Å²) in [5, 5.41) is 13.8. The number of allylic oxidation sites excluding steroid dienone is 1. The second-order valence-electron chi connectivity index (χ2n) is 11.4. The first kappa shape index (κ1) is 26.2. The van der Waals surface area contributed by atoms with Crippen LogP contribution in [0.5, 0.6) is 0 Å². The van der Waals surface area contributed by atoms with Crippen molar-refractivity contribution in [3.8, 4) is 16.8 Å². The molecule has 4 aromatic carbocycles. The number of rotatable bonds is 6. The van der Waals surface area contributed by atoms with Gasteiger partial charge in [0.2, 0.25) is 5.91 Å². The van der Waals surface area contributed by atoms with Crippen LogP contribution in [0.15, 0.2) is 103 Å². The van der Waals surface area contributed by atoms with Crippen LogP contribution < -0.4 is 5.73 Å². The number of fused-ring (bicyclic) bond motifs is 4. The number of aromatic nitrogens is 2. The molecule has 1 amide bonds. The maximum absolute atomic E-state index is 12.4. The Bertz CT molecular complexity index is 1990. The Hall–Kier alpha value is -4.74. The van der Waals surface area contributed by atoms with Gasteiger partial charge in [-0.25, -0.2) is 0 Å². The molecule has 6 aromatic rings. The number of benzene rings is 4. The highest BCUT2D eigenvalue weighted by molar-refractivity contribution is 6.16. The zero-order valence-corrected chi connectivity index (χ0v) is 23.4. The van der Waals surface area contributed by atoms with Crippen LogP contribution in [-0.2, 0) is 0 Å². The lowest BCUT2D eigenvalue weighted by Crippen LogP contribution is -2.23. The molecule has 2 heterocycles. The Morgan fingerprint density at radius 2 is 1.74 bits per heavy atom. The van der Waals surface area contributed by atoms with E-state index in [1.165, 1.54) is 0 Å². The molecule has 0 aliphatic heterocycles. The molecule has 7 rings (SSSR count). The predicted molar refractivity (Wildman–Crippen MR) is 172 cm³/mol. The number of carbonyl (C=O) groups is 1. The second-order valence-corrected chi connectivity index (χ2v) is 11.4. The molecule has 0 saturated heterocycles. The van der Waals surface area contributed by atoms with E-state index in [0.717, 1.165) is 87.2 Å². The van der Waals surface area contributed by atoms with E-state index >= 15 is 0 Å². The quantitative estimate of drug-likeness (QED) is 0.220. The predicted octanol–water partition coefficient (Wildman–Crippen LogP) is 8.05. The van der Waals surface area contributed by atoms with E-state index in [-0.39, 0.29) is 12.0 Å². The van der Waals surface area contributed by atoms with Crippen LogP contribution in [0, 0.1) is 5.92 Å². The molecule has 2 atom stereocenters. The van der Waals surface area contributed by atoms with Gasteiger partial charge in [0.25, 0.3) is 0 Å². The number of hydrogen-bond donors (Lipinski definition) is 2. The number of nitrogens with two attached hydrogens (primary N) is 1. The van der Waals surface area contributed by atoms with Gasteiger partial charge >= 0.3 is 0 Å². The van der Waals surface area contributed by atoms with E-state index in [2.05, 4.69) is 65.2 Å². The third-order valence-electron chi connectivity index (χ3n) is 8.76. The summed E-state index contributed by atoms with van der Waals surface area (Å²) in [6.45, 7) is 0. The van der Waals surface area contributed by atoms with E-state index < -0.39 is 5.91 Å². The molecule has 0 bridgehead atoms. The maximum Gasteiger partial charge on any atom is 0.249 e. The van der Waals surface area contributed by atoms with Gasteiger partial charge in [0.15, 0.2) is 0 Å². The van der Waals surface area contributed by atoms with Crippen molar-refractivity contribution >= 4 is 44.7 Å². The fraction of sp³-hybridized carbons (Fsp3) is 0.189. The lowest BCUT2D eigenvalue weighted by Gasteiger charge is -2.26. The summed E-state index contributed by atoms with van der Waals surface area (Å²) < 4.78 is 2.26. The van der Waals surface area contributed by atoms with Crippen molar-refractivity contribution in [1.82, 2.24) is 9.55 Å². The molecule has 1 aliphatic rings. The van der Waals surface area contributed by atoms with Gasteiger partial charge in [-0.2, -0.15) is 0 Å². The number of amides is 1. The number of carbonyl (C=O) groups excluding carboxylic acids is 1. The van der Waals surface area contributed by atoms with Crippen molar-refractivity contribution in [2.75, 3.05) is 0 Å². The van der Waals surface area contributed by atoms with Gasteiger partial charge in [0.1, 0.15) is 0 Å². The molecule has 3 N–H and O–H groups in total. The lowest BCUT2D eigenvalue weighted by atomic mass is 9.84. The van der Waals surface area contributed by atoms with Crippen LogP contribution in [0.3, 0.4) is 0 Å². The Morgan fingerprint density at radius 3 is 2.62 bits per heavy atom. The topological polar surface area (TPSA) is 81.1 Å². The summed E-state index contributed by atoms with van der Waals surface area (Å²) in [7, 11) is 0. The van der Waals surface area contributed by atoms with Crippen LogP contribution in [0.4, 0.5) is 0 Å². The van der Waals surface area contributed by atoms with Gasteiger partial charge in [-0.1, -0.05) is 73.5 Å². The Morgan fingerprint density at radius 1 is 0.929 bits per heavy atom. The van der Waals surface area contributed by atoms with Crippen molar-refractivity contribution in [1.29, 1.82) is 0 Å². The summed E-state index contributed by atoms with van der Waals surface area (Å²) in [6.07, 6.45) is 10.7. The van der Waals surface area contributed by atoms with Crippen LogP contribution >= 0.6 is 0 Å². The molecule has 2 aromatic heterocycles. The van der Waals surface area contributed by atoms with Gasteiger partial charge in [-0.05, 0) is 78.8 Å². The van der Waals surface area contributed by atoms with Gasteiger partial charge in [0, 0.05) is 39.2 Å². The van der Waals surface area contributed by atoms with Crippen molar-refractivity contribution in [2.24, 2.45) is 11.7 Å². The highest BCUT2D eigenvalue weighted by atomic mass is 16.3. The van der Waals surface area contributed by atoms with Gasteiger partial charge in [-0.3, -0.25) is 9.78 Å². The van der Waals surface area contributed by atoms with Crippen molar-refractivity contribution in [3.05, 3.63) is 114 Å². The van der Waals surface area contributed by atoms with Crippen LogP contribution in [0.1, 0.15) is 48.0 Å². The monoisotopic (exact) mass is 551 g/mol. The Kier molecular flexibility index (Phi) is 6.80. The van der Waals surface area contributed by atoms with Gasteiger partial charge < -0.3 is 15.4 Å². The number of pyridine rings is 1. The van der Waals surface area contributed by atoms with Crippen molar-refractivity contribution in [2.45, 2.75) is 38.2 Å². The third-order valence-corrected chi connectivity index (χ3v) is 8.76. The van der Waals surface area contributed by atoms with Crippen LogP contribution in [0.25, 0.3) is 55.6 Å². The Balaban J connectivity index is 1.37. The van der Waals surface area contributed by atoms with E-state index in [9.17, 15) is 9.90 Å². The summed E-state index contributed by atoms with van der Waals surface area (Å²) in [5.74, 6) is -0.192. The van der Waals surface area contributed by atoms with Gasteiger partial charge in [-0.15, -0.1) is 0 Å². The zero-order chi connectivity index (χ0) is 28.6. The SMILES string of the molecule is NC(=O)c1ccc(-n2c3ccccc3c3c(-c4cnc5ccccc5c4)cccc32)cc1/C=C\CC1CCCC[C@@H]1O. The number of aliphatic hydroxyl groups excluding tert-OH is 1. The van der Waals surface area contributed by atoms with Crippen LogP contribution in [-0.4, -0.2) is 26.7 Å². The average Bonchev–Trinajstić information content (AvgIpc) is 3.36. The van der Waals surface area contributed by atoms with Crippen molar-refractivity contribution < 1.29 is 9.90 Å².